The van der Waals surface area contributed by atoms with Crippen molar-refractivity contribution in [3.63, 3.8) is 0 Å². The van der Waals surface area contributed by atoms with Crippen molar-refractivity contribution < 1.29 is 17.6 Å². The number of hydrogen-bond donors (Lipinski definition) is 0. The Morgan fingerprint density at radius 3 is 2.52 bits per heavy atom. The Morgan fingerprint density at radius 1 is 1.08 bits per heavy atom. The number of halogens is 4. The van der Waals surface area contributed by atoms with Crippen LogP contribution in [0.2, 0.25) is 0 Å². The van der Waals surface area contributed by atoms with E-state index in [1.807, 2.05) is 4.90 Å². The normalized spacial score (nSPS) is 23.4. The first-order valence-corrected chi connectivity index (χ1v) is 7.90. The number of nitrogens with zero attached hydrogens (tertiary/aromatic N) is 5. The summed E-state index contributed by atoms with van der Waals surface area (Å²) in [7, 11) is 0. The van der Waals surface area contributed by atoms with Gasteiger partial charge < -0.3 is 4.90 Å². The van der Waals surface area contributed by atoms with Gasteiger partial charge in [-0.1, -0.05) is 6.07 Å². The molecule has 132 valence electrons. The Morgan fingerprint density at radius 2 is 1.92 bits per heavy atom. The van der Waals surface area contributed by atoms with E-state index in [4.69, 9.17) is 0 Å². The highest BCUT2D eigenvalue weighted by molar-refractivity contribution is 5.43. The van der Waals surface area contributed by atoms with Crippen molar-refractivity contribution in [1.29, 1.82) is 0 Å². The van der Waals surface area contributed by atoms with Crippen LogP contribution in [0.1, 0.15) is 17.7 Å². The van der Waals surface area contributed by atoms with E-state index in [0.717, 1.165) is 30.8 Å². The van der Waals surface area contributed by atoms with Crippen molar-refractivity contribution >= 4 is 5.82 Å². The molecule has 0 spiro atoms. The Labute approximate surface area is 141 Å². The van der Waals surface area contributed by atoms with E-state index in [2.05, 4.69) is 19.9 Å². The number of rotatable bonds is 3. The lowest BCUT2D eigenvalue weighted by atomic mass is 10.2. The number of fused-ring (bicyclic) bond motifs is 2. The molecule has 2 saturated heterocycles. The molecule has 2 aliphatic heterocycles. The summed E-state index contributed by atoms with van der Waals surface area (Å²) in [5.41, 5.74) is -0.148. The van der Waals surface area contributed by atoms with Gasteiger partial charge in [0.25, 0.3) is 0 Å². The molecule has 0 N–H and O–H groups in total. The van der Waals surface area contributed by atoms with Crippen molar-refractivity contribution in [3.8, 4) is 0 Å². The third-order valence-electron chi connectivity index (χ3n) is 4.78. The van der Waals surface area contributed by atoms with Crippen molar-refractivity contribution in [2.75, 3.05) is 18.0 Å². The first-order chi connectivity index (χ1) is 11.9. The summed E-state index contributed by atoms with van der Waals surface area (Å²) in [6.07, 6.45) is 0.220. The smallest absolute Gasteiger partial charge is 0.348 e. The summed E-state index contributed by atoms with van der Waals surface area (Å²) >= 11 is 0. The molecule has 25 heavy (non-hydrogen) atoms. The molecule has 2 fully saturated rings. The highest BCUT2D eigenvalue weighted by Crippen LogP contribution is 2.35. The summed E-state index contributed by atoms with van der Waals surface area (Å²) in [5, 5.41) is 0. The summed E-state index contributed by atoms with van der Waals surface area (Å²) in [6, 6.07) is 2.84. The number of alkyl halides is 3. The second-order valence-electron chi connectivity index (χ2n) is 6.37. The van der Waals surface area contributed by atoms with Gasteiger partial charge >= 0.3 is 6.18 Å². The van der Waals surface area contributed by atoms with Crippen molar-refractivity contribution in [2.45, 2.75) is 31.2 Å². The molecule has 2 aromatic heterocycles. The zero-order chi connectivity index (χ0) is 17.6. The third-order valence-corrected chi connectivity index (χ3v) is 4.78. The maximum Gasteiger partial charge on any atom is 0.433 e. The Balaban J connectivity index is 1.42. The van der Waals surface area contributed by atoms with Gasteiger partial charge in [-0.15, -0.1) is 0 Å². The molecule has 2 aliphatic rings. The number of piperazine rings is 1. The van der Waals surface area contributed by atoms with Gasteiger partial charge in [-0.25, -0.2) is 14.4 Å². The molecule has 4 heterocycles. The van der Waals surface area contributed by atoms with Gasteiger partial charge in [0.2, 0.25) is 0 Å². The van der Waals surface area contributed by atoms with Crippen LogP contribution in [0.25, 0.3) is 0 Å². The van der Waals surface area contributed by atoms with E-state index in [1.54, 1.807) is 0 Å². The molecule has 0 radical (unpaired) electrons. The van der Waals surface area contributed by atoms with Crippen LogP contribution in [0.15, 0.2) is 30.9 Å². The molecule has 2 atom stereocenters. The topological polar surface area (TPSA) is 45.2 Å². The van der Waals surface area contributed by atoms with Gasteiger partial charge in [-0.2, -0.15) is 13.2 Å². The largest absolute Gasteiger partial charge is 0.433 e. The van der Waals surface area contributed by atoms with E-state index in [9.17, 15) is 17.6 Å². The van der Waals surface area contributed by atoms with Crippen molar-refractivity contribution in [2.24, 2.45) is 0 Å². The summed E-state index contributed by atoms with van der Waals surface area (Å²) in [6.45, 7) is 1.90. The number of hydrogen-bond acceptors (Lipinski definition) is 5. The van der Waals surface area contributed by atoms with Gasteiger partial charge in [-0.3, -0.25) is 9.88 Å². The lowest BCUT2D eigenvalue weighted by molar-refractivity contribution is -0.141. The number of aromatic nitrogens is 3. The minimum atomic E-state index is -4.42. The van der Waals surface area contributed by atoms with E-state index in [-0.39, 0.29) is 12.1 Å². The van der Waals surface area contributed by atoms with E-state index < -0.39 is 17.7 Å². The van der Waals surface area contributed by atoms with Crippen LogP contribution in [0.3, 0.4) is 0 Å². The molecule has 2 unspecified atom stereocenters. The quantitative estimate of drug-likeness (QED) is 0.794. The zero-order valence-corrected chi connectivity index (χ0v) is 13.1. The predicted octanol–water partition coefficient (Wildman–Crippen LogP) is 2.49. The summed E-state index contributed by atoms with van der Waals surface area (Å²) in [5.74, 6) is -0.119. The van der Waals surface area contributed by atoms with Crippen molar-refractivity contribution in [1.82, 2.24) is 19.9 Å². The van der Waals surface area contributed by atoms with Gasteiger partial charge in [0, 0.05) is 37.9 Å². The summed E-state index contributed by atoms with van der Waals surface area (Å²) < 4.78 is 51.6. The first kappa shape index (κ1) is 16.2. The number of likely N-dealkylation sites (tertiary alicyclic amines) is 1. The molecule has 4 rings (SSSR count). The van der Waals surface area contributed by atoms with Crippen LogP contribution >= 0.6 is 0 Å². The van der Waals surface area contributed by atoms with Crippen molar-refractivity contribution in [3.05, 3.63) is 47.9 Å². The SMILES string of the molecule is Fc1cncnc1N1CC2CC1CN2Cc1ccc(C(F)(F)F)nc1. The van der Waals surface area contributed by atoms with Gasteiger partial charge in [0.05, 0.1) is 6.20 Å². The molecule has 0 saturated carbocycles. The fourth-order valence-electron chi connectivity index (χ4n) is 3.64. The molecule has 9 heteroatoms. The number of pyridine rings is 1. The first-order valence-electron chi connectivity index (χ1n) is 7.90. The molecular weight excluding hydrogens is 338 g/mol. The minimum absolute atomic E-state index is 0.150. The Hall–Kier alpha value is -2.29. The van der Waals surface area contributed by atoms with E-state index in [1.165, 1.54) is 18.6 Å². The minimum Gasteiger partial charge on any atom is -0.348 e. The van der Waals surface area contributed by atoms with Gasteiger partial charge in [-0.05, 0) is 18.1 Å². The third kappa shape index (κ3) is 3.04. The molecule has 0 aliphatic carbocycles. The van der Waals surface area contributed by atoms with Crippen LogP contribution in [0, 0.1) is 5.82 Å². The second-order valence-corrected chi connectivity index (χ2v) is 6.37. The highest BCUT2D eigenvalue weighted by Gasteiger charge is 2.44. The van der Waals surface area contributed by atoms with Crippen LogP contribution in [-0.4, -0.2) is 45.0 Å². The fourth-order valence-corrected chi connectivity index (χ4v) is 3.64. The summed E-state index contributed by atoms with van der Waals surface area (Å²) in [4.78, 5) is 15.3. The molecule has 0 amide bonds. The molecule has 0 aromatic carbocycles. The standard InChI is InChI=1S/C16H15F4N5/c17-13-5-21-9-23-15(13)25-8-11-3-12(25)7-24(11)6-10-1-2-14(22-4-10)16(18,19)20/h1-2,4-5,9,11-12H,3,6-8H2. The Bertz CT molecular complexity index is 764. The van der Waals surface area contributed by atoms with Crippen LogP contribution in [0.5, 0.6) is 0 Å². The Kier molecular flexibility index (Phi) is 3.82. The van der Waals surface area contributed by atoms with Crippen LogP contribution < -0.4 is 4.90 Å². The second kappa shape index (κ2) is 5.91. The van der Waals surface area contributed by atoms with E-state index >= 15 is 0 Å². The lowest BCUT2D eigenvalue weighted by Gasteiger charge is -2.34. The average Bonchev–Trinajstić information content (AvgIpc) is 3.15. The van der Waals surface area contributed by atoms with Gasteiger partial charge in [0.15, 0.2) is 11.6 Å². The van der Waals surface area contributed by atoms with E-state index in [0.29, 0.717) is 18.9 Å². The van der Waals surface area contributed by atoms with Crippen LogP contribution in [0.4, 0.5) is 23.4 Å². The van der Waals surface area contributed by atoms with Crippen LogP contribution in [-0.2, 0) is 12.7 Å². The zero-order valence-electron chi connectivity index (χ0n) is 13.1. The van der Waals surface area contributed by atoms with Gasteiger partial charge in [0.1, 0.15) is 12.0 Å². The lowest BCUT2D eigenvalue weighted by Crippen LogP contribution is -2.46. The maximum absolute atomic E-state index is 13.9. The monoisotopic (exact) mass is 353 g/mol. The molecule has 2 bridgehead atoms. The predicted molar refractivity (Wildman–Crippen MR) is 81.2 cm³/mol. The number of anilines is 1. The molecule has 5 nitrogen and oxygen atoms in total. The maximum atomic E-state index is 13.9. The highest BCUT2D eigenvalue weighted by atomic mass is 19.4. The molecular formula is C16H15F4N5. The fraction of sp³-hybridized carbons (Fsp3) is 0.438. The molecule has 2 aromatic rings. The average molecular weight is 353 g/mol.